The largest absolute Gasteiger partial charge is 0.497 e. The van der Waals surface area contributed by atoms with Crippen LogP contribution in [0, 0.1) is 5.92 Å². The first-order valence-electron chi connectivity index (χ1n) is 13.8. The highest BCUT2D eigenvalue weighted by molar-refractivity contribution is 6.32. The number of nitrogens with zero attached hydrogens (tertiary/aromatic N) is 1. The summed E-state index contributed by atoms with van der Waals surface area (Å²) in [6.07, 6.45) is 6.75. The number of halogens is 1. The van der Waals surface area contributed by atoms with E-state index in [1.807, 2.05) is 24.3 Å². The van der Waals surface area contributed by atoms with Crippen LogP contribution in [0.1, 0.15) is 44.1 Å². The van der Waals surface area contributed by atoms with Crippen molar-refractivity contribution < 1.29 is 13.9 Å². The van der Waals surface area contributed by atoms with Gasteiger partial charge in [0.05, 0.1) is 24.4 Å². The molecule has 0 saturated carbocycles. The fourth-order valence-corrected chi connectivity index (χ4v) is 5.96. The highest BCUT2D eigenvalue weighted by atomic mass is 35.5. The highest BCUT2D eigenvalue weighted by Crippen LogP contribution is 2.34. The van der Waals surface area contributed by atoms with Crippen LogP contribution in [0.4, 0.5) is 5.69 Å². The predicted octanol–water partition coefficient (Wildman–Crippen LogP) is 5.37. The third kappa shape index (κ3) is 6.63. The van der Waals surface area contributed by atoms with Gasteiger partial charge in [-0.15, -0.1) is 0 Å². The number of hydrogen-bond donors (Lipinski definition) is 2. The quantitative estimate of drug-likeness (QED) is 0.265. The van der Waals surface area contributed by atoms with E-state index in [2.05, 4.69) is 21.6 Å². The minimum atomic E-state index is -0.359. The van der Waals surface area contributed by atoms with Crippen LogP contribution in [0.25, 0.3) is 11.0 Å². The molecule has 0 aliphatic carbocycles. The first-order valence-corrected chi connectivity index (χ1v) is 14.2. The molecule has 204 valence electrons. The maximum Gasteiger partial charge on any atom is 0.338 e. The Bertz CT molecular complexity index is 1270. The van der Waals surface area contributed by atoms with Gasteiger partial charge in [-0.25, -0.2) is 4.79 Å². The number of rotatable bonds is 10. The second kappa shape index (κ2) is 12.9. The third-order valence-electron chi connectivity index (χ3n) is 7.75. The van der Waals surface area contributed by atoms with E-state index in [4.69, 9.17) is 25.5 Å². The summed E-state index contributed by atoms with van der Waals surface area (Å²) < 4.78 is 17.0. The van der Waals surface area contributed by atoms with Gasteiger partial charge in [-0.2, -0.15) is 0 Å². The lowest BCUT2D eigenvalue weighted by Gasteiger charge is -2.37. The molecule has 7 nitrogen and oxygen atoms in total. The van der Waals surface area contributed by atoms with Crippen LogP contribution in [0.3, 0.4) is 0 Å². The lowest BCUT2D eigenvalue weighted by molar-refractivity contribution is 0.275. The van der Waals surface area contributed by atoms with Crippen molar-refractivity contribution in [1.82, 2.24) is 10.6 Å². The van der Waals surface area contributed by atoms with Crippen molar-refractivity contribution in [3.63, 3.8) is 0 Å². The Morgan fingerprint density at radius 3 is 2.68 bits per heavy atom. The molecule has 38 heavy (non-hydrogen) atoms. The number of piperidine rings is 2. The van der Waals surface area contributed by atoms with Crippen molar-refractivity contribution in [3.05, 3.63) is 63.5 Å². The fraction of sp³-hybridized carbons (Fsp3) is 0.500. The SMILES string of the molecule is COc1ccc2oc(=O)cc(N(Cc3ccc(OCCCC4CCCNC4)c(Cl)c3)C3CCNCC3)c2c1. The summed E-state index contributed by atoms with van der Waals surface area (Å²) in [6, 6.07) is 13.5. The molecule has 0 radical (unpaired) electrons. The molecule has 2 aliphatic heterocycles. The Morgan fingerprint density at radius 1 is 1.05 bits per heavy atom. The third-order valence-corrected chi connectivity index (χ3v) is 8.04. The van der Waals surface area contributed by atoms with Crippen LogP contribution >= 0.6 is 11.6 Å². The summed E-state index contributed by atoms with van der Waals surface area (Å²) in [7, 11) is 1.64. The summed E-state index contributed by atoms with van der Waals surface area (Å²) in [4.78, 5) is 14.9. The van der Waals surface area contributed by atoms with Gasteiger partial charge in [-0.1, -0.05) is 17.7 Å². The number of ether oxygens (including phenoxy) is 2. The Hall–Kier alpha value is -2.74. The van der Waals surface area contributed by atoms with E-state index in [-0.39, 0.29) is 11.7 Å². The Balaban J connectivity index is 1.34. The standard InChI is InChI=1S/C30H38ClN3O4/c1-36-24-7-9-28-25(17-24)27(18-30(35)38-28)34(23-10-13-32-14-11-23)20-22-6-8-29(26(31)16-22)37-15-3-5-21-4-2-12-33-19-21/h6-9,16-18,21,23,32-33H,2-5,10-15,19-20H2,1H3. The van der Waals surface area contributed by atoms with Gasteiger partial charge in [0.25, 0.3) is 0 Å². The molecule has 0 bridgehead atoms. The first kappa shape index (κ1) is 26.9. The lowest BCUT2D eigenvalue weighted by Crippen LogP contribution is -2.43. The summed E-state index contributed by atoms with van der Waals surface area (Å²) in [6.45, 7) is 5.43. The highest BCUT2D eigenvalue weighted by Gasteiger charge is 2.25. The fourth-order valence-electron chi connectivity index (χ4n) is 5.70. The predicted molar refractivity (Wildman–Crippen MR) is 153 cm³/mol. The molecule has 2 aromatic carbocycles. The molecule has 3 heterocycles. The minimum absolute atomic E-state index is 0.274. The minimum Gasteiger partial charge on any atom is -0.497 e. The molecule has 5 rings (SSSR count). The lowest BCUT2D eigenvalue weighted by atomic mass is 9.95. The number of benzene rings is 2. The summed E-state index contributed by atoms with van der Waals surface area (Å²) in [5, 5.41) is 8.40. The van der Waals surface area contributed by atoms with Crippen LogP contribution in [0.15, 0.2) is 51.7 Å². The molecule has 8 heteroatoms. The second-order valence-electron chi connectivity index (χ2n) is 10.4. The molecular formula is C30H38ClN3O4. The maximum absolute atomic E-state index is 12.5. The van der Waals surface area contributed by atoms with E-state index in [0.717, 1.165) is 79.5 Å². The van der Waals surface area contributed by atoms with Gasteiger partial charge >= 0.3 is 5.63 Å². The van der Waals surface area contributed by atoms with Crippen LogP contribution < -0.4 is 30.6 Å². The van der Waals surface area contributed by atoms with Crippen molar-refractivity contribution >= 4 is 28.3 Å². The average molecular weight is 540 g/mol. The van der Waals surface area contributed by atoms with Crippen molar-refractivity contribution in [2.75, 3.05) is 44.8 Å². The zero-order chi connectivity index (χ0) is 26.3. The van der Waals surface area contributed by atoms with Gasteiger partial charge in [0.2, 0.25) is 0 Å². The number of anilines is 1. The van der Waals surface area contributed by atoms with Crippen LogP contribution in [0.2, 0.25) is 5.02 Å². The number of nitrogens with one attached hydrogen (secondary N) is 2. The average Bonchev–Trinajstić information content (AvgIpc) is 2.95. The van der Waals surface area contributed by atoms with Crippen LogP contribution in [0.5, 0.6) is 11.5 Å². The molecule has 1 unspecified atom stereocenters. The molecule has 2 aliphatic rings. The van der Waals surface area contributed by atoms with Gasteiger partial charge in [0.15, 0.2) is 0 Å². The van der Waals surface area contributed by atoms with Crippen LogP contribution in [-0.2, 0) is 6.54 Å². The van der Waals surface area contributed by atoms with E-state index in [1.54, 1.807) is 19.2 Å². The van der Waals surface area contributed by atoms with Crippen molar-refractivity contribution in [2.24, 2.45) is 5.92 Å². The molecule has 3 aromatic rings. The molecule has 2 fully saturated rings. The number of fused-ring (bicyclic) bond motifs is 1. The number of methoxy groups -OCH3 is 1. The van der Waals surface area contributed by atoms with E-state index < -0.39 is 0 Å². The van der Waals surface area contributed by atoms with Crippen molar-refractivity contribution in [1.29, 1.82) is 0 Å². The van der Waals surface area contributed by atoms with E-state index in [0.29, 0.717) is 23.8 Å². The zero-order valence-corrected chi connectivity index (χ0v) is 22.9. The monoisotopic (exact) mass is 539 g/mol. The Morgan fingerprint density at radius 2 is 1.92 bits per heavy atom. The van der Waals surface area contributed by atoms with Crippen molar-refractivity contribution in [3.8, 4) is 11.5 Å². The van der Waals surface area contributed by atoms with E-state index in [1.165, 1.54) is 19.3 Å². The molecular weight excluding hydrogens is 502 g/mol. The number of hydrogen-bond acceptors (Lipinski definition) is 7. The van der Waals surface area contributed by atoms with Gasteiger partial charge in [0.1, 0.15) is 17.1 Å². The Kier molecular flexibility index (Phi) is 9.10. The smallest absolute Gasteiger partial charge is 0.338 e. The zero-order valence-electron chi connectivity index (χ0n) is 22.1. The molecule has 0 spiro atoms. The Labute approximate surface area is 229 Å². The van der Waals surface area contributed by atoms with Crippen LogP contribution in [-0.4, -0.2) is 45.9 Å². The molecule has 2 saturated heterocycles. The van der Waals surface area contributed by atoms with Gasteiger partial charge < -0.3 is 29.4 Å². The van der Waals surface area contributed by atoms with Gasteiger partial charge in [-0.3, -0.25) is 0 Å². The van der Waals surface area contributed by atoms with E-state index in [9.17, 15) is 4.79 Å². The van der Waals surface area contributed by atoms with Crippen molar-refractivity contribution in [2.45, 2.75) is 51.1 Å². The normalized spacial score (nSPS) is 18.4. The van der Waals surface area contributed by atoms with Gasteiger partial charge in [-0.05, 0) is 107 Å². The molecule has 1 atom stereocenters. The van der Waals surface area contributed by atoms with E-state index >= 15 is 0 Å². The van der Waals surface area contributed by atoms with Gasteiger partial charge in [0, 0.05) is 24.0 Å². The second-order valence-corrected chi connectivity index (χ2v) is 10.8. The maximum atomic E-state index is 12.5. The topological polar surface area (TPSA) is 76.0 Å². The molecule has 1 aromatic heterocycles. The summed E-state index contributed by atoms with van der Waals surface area (Å²) >= 11 is 6.69. The summed E-state index contributed by atoms with van der Waals surface area (Å²) in [5.41, 5.74) is 2.12. The summed E-state index contributed by atoms with van der Waals surface area (Å²) in [5.74, 6) is 2.20. The molecule has 0 amide bonds. The first-order chi connectivity index (χ1) is 18.6. The molecule has 2 N–H and O–H groups in total.